The minimum absolute atomic E-state index is 0.147. The van der Waals surface area contributed by atoms with E-state index in [1.165, 1.54) is 11.2 Å². The lowest BCUT2D eigenvalue weighted by Crippen LogP contribution is -2.42. The van der Waals surface area contributed by atoms with Crippen molar-refractivity contribution in [1.82, 2.24) is 4.90 Å². The largest absolute Gasteiger partial charge is 0.510 e. The van der Waals surface area contributed by atoms with Gasteiger partial charge < -0.3 is 34.3 Å². The van der Waals surface area contributed by atoms with E-state index in [0.717, 1.165) is 0 Å². The SMILES string of the molecule is CC(C)OC(=O)OCOP(=O)(COC(C)CN1C=NC2C(=O)N=C(N)N=C21)OCOC(=O)OC(C)C. The Balaban J connectivity index is 1.92. The minimum Gasteiger partial charge on any atom is -0.432 e. The quantitative estimate of drug-likeness (QED) is 0.203. The molecule has 0 radical (unpaired) electrons. The van der Waals surface area contributed by atoms with Gasteiger partial charge in [0.25, 0.3) is 5.91 Å². The number of amidine groups is 1. The third-order valence-electron chi connectivity index (χ3n) is 4.07. The van der Waals surface area contributed by atoms with Crippen LogP contribution in [-0.2, 0) is 42.1 Å². The molecule has 2 heterocycles. The van der Waals surface area contributed by atoms with E-state index in [-0.39, 0.29) is 18.3 Å². The Labute approximate surface area is 207 Å². The highest BCUT2D eigenvalue weighted by molar-refractivity contribution is 7.53. The van der Waals surface area contributed by atoms with E-state index >= 15 is 0 Å². The number of guanidine groups is 1. The molecule has 2 aliphatic heterocycles. The first-order valence-electron chi connectivity index (χ1n) is 10.8. The van der Waals surface area contributed by atoms with E-state index in [2.05, 4.69) is 15.0 Å². The van der Waals surface area contributed by atoms with Gasteiger partial charge in [-0.05, 0) is 34.6 Å². The van der Waals surface area contributed by atoms with Gasteiger partial charge in [-0.25, -0.2) is 9.59 Å². The number of hydrogen-bond donors (Lipinski definition) is 1. The van der Waals surface area contributed by atoms with Crippen LogP contribution in [0.2, 0.25) is 0 Å². The molecule has 0 bridgehead atoms. The number of carbonyl (C=O) groups excluding carboxylic acids is 3. The second-order valence-corrected chi connectivity index (χ2v) is 9.93. The van der Waals surface area contributed by atoms with Crippen LogP contribution in [0, 0.1) is 0 Å². The van der Waals surface area contributed by atoms with Crippen LogP contribution in [0.15, 0.2) is 15.0 Å². The van der Waals surface area contributed by atoms with Gasteiger partial charge in [-0.2, -0.15) is 9.98 Å². The van der Waals surface area contributed by atoms with Crippen molar-refractivity contribution in [1.29, 1.82) is 0 Å². The standard InChI is InChI=1S/C19H30N5O11P/c1-11(2)34-18(26)29-8-32-36(28,33-9-30-19(27)35-12(3)4)10-31-13(5)6-24-7-21-14-15(24)22-17(20)23-16(14)25/h7,11-14H,6,8-10H2,1-5H3,(H2,20,23,25). The number of fused-ring (bicyclic) bond motifs is 1. The fourth-order valence-electron chi connectivity index (χ4n) is 2.61. The monoisotopic (exact) mass is 535 g/mol. The molecule has 1 amide bonds. The summed E-state index contributed by atoms with van der Waals surface area (Å²) in [5.74, 6) is -0.440. The first-order valence-corrected chi connectivity index (χ1v) is 12.5. The predicted molar refractivity (Wildman–Crippen MR) is 123 cm³/mol. The van der Waals surface area contributed by atoms with Crippen LogP contribution < -0.4 is 5.73 Å². The molecule has 0 fully saturated rings. The van der Waals surface area contributed by atoms with Gasteiger partial charge in [0.15, 0.2) is 6.04 Å². The third kappa shape index (κ3) is 9.53. The molecule has 2 rings (SSSR count). The zero-order valence-electron chi connectivity index (χ0n) is 20.5. The molecule has 16 nitrogen and oxygen atoms in total. The summed E-state index contributed by atoms with van der Waals surface area (Å²) in [6, 6.07) is -0.882. The third-order valence-corrected chi connectivity index (χ3v) is 5.53. The van der Waals surface area contributed by atoms with Crippen molar-refractivity contribution in [2.75, 3.05) is 26.5 Å². The lowest BCUT2D eigenvalue weighted by molar-refractivity contribution is -0.117. The van der Waals surface area contributed by atoms with Crippen molar-refractivity contribution in [3.05, 3.63) is 0 Å². The average molecular weight is 535 g/mol. The van der Waals surface area contributed by atoms with E-state index in [1.807, 2.05) is 0 Å². The molecule has 0 saturated heterocycles. The molecule has 0 spiro atoms. The molecule has 36 heavy (non-hydrogen) atoms. The second kappa shape index (κ2) is 13.3. The maximum atomic E-state index is 13.1. The highest BCUT2D eigenvalue weighted by Gasteiger charge is 2.36. The molecule has 202 valence electrons. The number of ether oxygens (including phenoxy) is 5. The smallest absolute Gasteiger partial charge is 0.432 e. The van der Waals surface area contributed by atoms with Gasteiger partial charge in [-0.1, -0.05) is 0 Å². The fraction of sp³-hybridized carbons (Fsp3) is 0.684. The summed E-state index contributed by atoms with van der Waals surface area (Å²) in [5.41, 5.74) is 5.55. The van der Waals surface area contributed by atoms with Gasteiger partial charge in [0.2, 0.25) is 19.5 Å². The summed E-state index contributed by atoms with van der Waals surface area (Å²) in [6.45, 7) is 6.67. The molecule has 2 unspecified atom stereocenters. The zero-order valence-corrected chi connectivity index (χ0v) is 21.4. The fourth-order valence-corrected chi connectivity index (χ4v) is 3.70. The van der Waals surface area contributed by atoms with Crippen LogP contribution in [0.5, 0.6) is 0 Å². The number of amides is 1. The van der Waals surface area contributed by atoms with Crippen LogP contribution in [0.25, 0.3) is 0 Å². The Bertz CT molecular complexity index is 920. The topological polar surface area (TPSA) is 199 Å². The van der Waals surface area contributed by atoms with Gasteiger partial charge in [0.05, 0.1) is 31.2 Å². The van der Waals surface area contributed by atoms with Crippen molar-refractivity contribution in [3.8, 4) is 0 Å². The minimum atomic E-state index is -4.11. The summed E-state index contributed by atoms with van der Waals surface area (Å²) in [4.78, 5) is 48.1. The average Bonchev–Trinajstić information content (AvgIpc) is 3.14. The number of carbonyl (C=O) groups is 3. The Kier molecular flexibility index (Phi) is 10.8. The van der Waals surface area contributed by atoms with E-state index in [4.69, 9.17) is 38.5 Å². The molecule has 0 aliphatic carbocycles. The van der Waals surface area contributed by atoms with E-state index in [9.17, 15) is 18.9 Å². The highest BCUT2D eigenvalue weighted by atomic mass is 31.2. The number of rotatable bonds is 13. The second-order valence-electron chi connectivity index (χ2n) is 7.93. The number of hydrogen-bond acceptors (Lipinski definition) is 15. The molecule has 2 atom stereocenters. The number of aliphatic imine (C=N–C) groups is 3. The summed E-state index contributed by atoms with van der Waals surface area (Å²) in [7, 11) is -4.11. The van der Waals surface area contributed by atoms with Gasteiger partial charge >= 0.3 is 19.9 Å². The summed E-state index contributed by atoms with van der Waals surface area (Å²) >= 11 is 0. The highest BCUT2D eigenvalue weighted by Crippen LogP contribution is 2.48. The normalized spacial score (nSPS) is 18.0. The molecule has 0 aromatic carbocycles. The van der Waals surface area contributed by atoms with Crippen molar-refractivity contribution >= 4 is 43.9 Å². The van der Waals surface area contributed by atoms with Crippen molar-refractivity contribution < 1.29 is 51.7 Å². The van der Waals surface area contributed by atoms with Gasteiger partial charge in [-0.3, -0.25) is 23.4 Å². The van der Waals surface area contributed by atoms with Crippen LogP contribution in [0.4, 0.5) is 9.59 Å². The van der Waals surface area contributed by atoms with E-state index < -0.39 is 70.1 Å². The van der Waals surface area contributed by atoms with Crippen LogP contribution >= 0.6 is 7.60 Å². The molecular weight excluding hydrogens is 505 g/mol. The van der Waals surface area contributed by atoms with Crippen LogP contribution in [0.3, 0.4) is 0 Å². The van der Waals surface area contributed by atoms with Gasteiger partial charge in [0.1, 0.15) is 12.2 Å². The van der Waals surface area contributed by atoms with Crippen molar-refractivity contribution in [2.24, 2.45) is 20.7 Å². The first kappa shape index (κ1) is 29.2. The Hall–Kier alpha value is -3.07. The Morgan fingerprint density at radius 1 is 1.03 bits per heavy atom. The molecule has 0 saturated carbocycles. The Morgan fingerprint density at radius 2 is 1.58 bits per heavy atom. The first-order chi connectivity index (χ1) is 16.9. The lowest BCUT2D eigenvalue weighted by atomic mass is 10.2. The summed E-state index contributed by atoms with van der Waals surface area (Å²) in [6.07, 6.45) is -2.80. The van der Waals surface area contributed by atoms with Crippen LogP contribution in [0.1, 0.15) is 34.6 Å². The zero-order chi connectivity index (χ0) is 26.9. The van der Waals surface area contributed by atoms with E-state index in [1.54, 1.807) is 34.6 Å². The van der Waals surface area contributed by atoms with Gasteiger partial charge in [0, 0.05) is 0 Å². The Morgan fingerprint density at radius 3 is 2.11 bits per heavy atom. The number of nitrogens with zero attached hydrogens (tertiary/aromatic N) is 4. The summed E-state index contributed by atoms with van der Waals surface area (Å²) in [5, 5.41) is 0. The van der Waals surface area contributed by atoms with E-state index in [0.29, 0.717) is 0 Å². The maximum Gasteiger partial charge on any atom is 0.510 e. The number of nitrogens with two attached hydrogens (primary N) is 1. The summed E-state index contributed by atoms with van der Waals surface area (Å²) < 4.78 is 47.8. The lowest BCUT2D eigenvalue weighted by Gasteiger charge is -2.24. The van der Waals surface area contributed by atoms with Crippen molar-refractivity contribution in [2.45, 2.75) is 59.0 Å². The molecule has 0 aromatic heterocycles. The molecule has 17 heteroatoms. The predicted octanol–water partition coefficient (Wildman–Crippen LogP) is 1.58. The molecule has 2 aliphatic rings. The molecule has 2 N–H and O–H groups in total. The molecule has 0 aromatic rings. The van der Waals surface area contributed by atoms with Gasteiger partial charge in [-0.15, -0.1) is 0 Å². The maximum absolute atomic E-state index is 13.1. The molecular formula is C19H30N5O11P. The van der Waals surface area contributed by atoms with Crippen molar-refractivity contribution in [3.63, 3.8) is 0 Å². The van der Waals surface area contributed by atoms with Crippen LogP contribution in [-0.4, -0.2) is 92.1 Å².